The molecule has 0 heterocycles. The molecule has 0 atom stereocenters. The first-order valence-corrected chi connectivity index (χ1v) is 4.82. The SMILES string of the molecule is CCNC1CC1.CCOC(=O)NC. The van der Waals surface area contributed by atoms with Gasteiger partial charge in [0.25, 0.3) is 0 Å². The highest BCUT2D eigenvalue weighted by molar-refractivity contribution is 5.66. The van der Waals surface area contributed by atoms with Crippen molar-refractivity contribution >= 4 is 6.09 Å². The van der Waals surface area contributed by atoms with Crippen LogP contribution < -0.4 is 10.6 Å². The molecule has 0 unspecified atom stereocenters. The summed E-state index contributed by atoms with van der Waals surface area (Å²) >= 11 is 0. The van der Waals surface area contributed by atoms with Crippen LogP contribution in [0.5, 0.6) is 0 Å². The molecule has 0 spiro atoms. The van der Waals surface area contributed by atoms with Gasteiger partial charge in [0.1, 0.15) is 0 Å². The summed E-state index contributed by atoms with van der Waals surface area (Å²) in [5.74, 6) is 0. The van der Waals surface area contributed by atoms with Crippen LogP contribution in [-0.2, 0) is 4.74 Å². The summed E-state index contributed by atoms with van der Waals surface area (Å²) < 4.78 is 4.44. The van der Waals surface area contributed by atoms with Crippen molar-refractivity contribution in [3.05, 3.63) is 0 Å². The lowest BCUT2D eigenvalue weighted by molar-refractivity contribution is 0.154. The van der Waals surface area contributed by atoms with Crippen molar-refractivity contribution in [3.63, 3.8) is 0 Å². The molecular formula is C9H20N2O2. The molecule has 1 rings (SSSR count). The third-order valence-corrected chi connectivity index (χ3v) is 1.55. The Morgan fingerprint density at radius 2 is 2.08 bits per heavy atom. The standard InChI is InChI=1S/C5H11N.C4H9NO2/c1-2-6-5-3-4-5;1-3-7-4(6)5-2/h5-6H,2-4H2,1H3;3H2,1-2H3,(H,5,6). The molecule has 0 aliphatic heterocycles. The van der Waals surface area contributed by atoms with Crippen molar-refractivity contribution in [3.8, 4) is 0 Å². The molecule has 0 aromatic rings. The second kappa shape index (κ2) is 7.86. The maximum atomic E-state index is 10.1. The largest absolute Gasteiger partial charge is 0.450 e. The van der Waals surface area contributed by atoms with Gasteiger partial charge in [-0.1, -0.05) is 6.92 Å². The van der Waals surface area contributed by atoms with E-state index in [1.165, 1.54) is 19.9 Å². The Kier molecular flexibility index (Phi) is 7.39. The lowest BCUT2D eigenvalue weighted by atomic mass is 10.6. The zero-order chi connectivity index (χ0) is 10.1. The summed E-state index contributed by atoms with van der Waals surface area (Å²) in [6, 6.07) is 0.898. The first-order valence-electron chi connectivity index (χ1n) is 4.82. The van der Waals surface area contributed by atoms with Crippen LogP contribution in [0.15, 0.2) is 0 Å². The predicted octanol–water partition coefficient (Wildman–Crippen LogP) is 1.12. The van der Waals surface area contributed by atoms with Gasteiger partial charge in [-0.2, -0.15) is 0 Å². The average Bonchev–Trinajstić information content (AvgIpc) is 2.91. The van der Waals surface area contributed by atoms with Crippen molar-refractivity contribution < 1.29 is 9.53 Å². The van der Waals surface area contributed by atoms with Crippen molar-refractivity contribution in [2.24, 2.45) is 0 Å². The minimum absolute atomic E-state index is 0.373. The Balaban J connectivity index is 0.000000223. The van der Waals surface area contributed by atoms with Gasteiger partial charge in [-0.25, -0.2) is 4.79 Å². The number of hydrogen-bond acceptors (Lipinski definition) is 3. The Hall–Kier alpha value is -0.770. The van der Waals surface area contributed by atoms with Crippen LogP contribution in [0.1, 0.15) is 26.7 Å². The van der Waals surface area contributed by atoms with Gasteiger partial charge in [-0.15, -0.1) is 0 Å². The number of nitrogens with one attached hydrogen (secondary N) is 2. The first-order chi connectivity index (χ1) is 6.24. The van der Waals surface area contributed by atoms with Crippen LogP contribution >= 0.6 is 0 Å². The summed E-state index contributed by atoms with van der Waals surface area (Å²) in [5, 5.41) is 5.62. The van der Waals surface area contributed by atoms with Crippen LogP contribution in [0.25, 0.3) is 0 Å². The summed E-state index contributed by atoms with van der Waals surface area (Å²) in [6.45, 7) is 5.48. The van der Waals surface area contributed by atoms with E-state index in [1.807, 2.05) is 0 Å². The fraction of sp³-hybridized carbons (Fsp3) is 0.889. The van der Waals surface area contributed by atoms with Crippen LogP contribution in [0.4, 0.5) is 4.79 Å². The normalized spacial score (nSPS) is 14.1. The maximum Gasteiger partial charge on any atom is 0.406 e. The van der Waals surface area contributed by atoms with E-state index in [0.717, 1.165) is 12.6 Å². The van der Waals surface area contributed by atoms with E-state index in [4.69, 9.17) is 0 Å². The third kappa shape index (κ3) is 9.14. The molecule has 1 fully saturated rings. The average molecular weight is 188 g/mol. The Morgan fingerprint density at radius 1 is 1.46 bits per heavy atom. The van der Waals surface area contributed by atoms with E-state index in [-0.39, 0.29) is 6.09 Å². The molecule has 1 saturated carbocycles. The van der Waals surface area contributed by atoms with E-state index in [0.29, 0.717) is 6.61 Å². The minimum Gasteiger partial charge on any atom is -0.450 e. The monoisotopic (exact) mass is 188 g/mol. The van der Waals surface area contributed by atoms with Crippen LogP contribution in [0.3, 0.4) is 0 Å². The van der Waals surface area contributed by atoms with Gasteiger partial charge in [0.05, 0.1) is 6.61 Å². The van der Waals surface area contributed by atoms with E-state index < -0.39 is 0 Å². The zero-order valence-corrected chi connectivity index (χ0v) is 8.72. The number of amides is 1. The lowest BCUT2D eigenvalue weighted by Crippen LogP contribution is -2.18. The molecule has 0 saturated heterocycles. The van der Waals surface area contributed by atoms with Gasteiger partial charge in [-0.05, 0) is 26.3 Å². The van der Waals surface area contributed by atoms with Crippen molar-refractivity contribution in [1.82, 2.24) is 10.6 Å². The molecule has 0 aromatic heterocycles. The maximum absolute atomic E-state index is 10.1. The molecule has 1 aliphatic rings. The number of carbonyl (C=O) groups is 1. The summed E-state index contributed by atoms with van der Waals surface area (Å²) in [5.41, 5.74) is 0. The molecule has 1 aliphatic carbocycles. The van der Waals surface area contributed by atoms with E-state index >= 15 is 0 Å². The summed E-state index contributed by atoms with van der Waals surface area (Å²) in [7, 11) is 1.53. The van der Waals surface area contributed by atoms with Gasteiger partial charge in [-0.3, -0.25) is 0 Å². The highest BCUT2D eigenvalue weighted by Gasteiger charge is 2.18. The molecule has 13 heavy (non-hydrogen) atoms. The van der Waals surface area contributed by atoms with Crippen molar-refractivity contribution in [2.45, 2.75) is 32.7 Å². The Labute approximate surface area is 80.0 Å². The molecule has 2 N–H and O–H groups in total. The highest BCUT2D eigenvalue weighted by atomic mass is 16.5. The number of hydrogen-bond donors (Lipinski definition) is 2. The smallest absolute Gasteiger partial charge is 0.406 e. The molecule has 0 aromatic carbocycles. The molecule has 4 heteroatoms. The molecule has 1 amide bonds. The van der Waals surface area contributed by atoms with Crippen LogP contribution in [0.2, 0.25) is 0 Å². The minimum atomic E-state index is -0.373. The second-order valence-electron chi connectivity index (χ2n) is 2.80. The number of alkyl carbamates (subject to hydrolysis) is 1. The van der Waals surface area contributed by atoms with E-state index in [1.54, 1.807) is 6.92 Å². The first kappa shape index (κ1) is 12.2. The summed E-state index contributed by atoms with van der Waals surface area (Å²) in [4.78, 5) is 10.1. The van der Waals surface area contributed by atoms with Gasteiger partial charge in [0.15, 0.2) is 0 Å². The Bertz CT molecular complexity index is 136. The van der Waals surface area contributed by atoms with Gasteiger partial charge in [0.2, 0.25) is 0 Å². The van der Waals surface area contributed by atoms with Crippen LogP contribution in [-0.4, -0.2) is 32.3 Å². The highest BCUT2D eigenvalue weighted by Crippen LogP contribution is 2.17. The number of rotatable bonds is 3. The van der Waals surface area contributed by atoms with E-state index in [2.05, 4.69) is 22.3 Å². The fourth-order valence-electron chi connectivity index (χ4n) is 0.779. The molecule has 78 valence electrons. The Morgan fingerprint density at radius 3 is 2.23 bits per heavy atom. The van der Waals surface area contributed by atoms with Crippen LogP contribution in [0, 0.1) is 0 Å². The van der Waals surface area contributed by atoms with Gasteiger partial charge in [0, 0.05) is 13.1 Å². The fourth-order valence-corrected chi connectivity index (χ4v) is 0.779. The van der Waals surface area contributed by atoms with Crippen molar-refractivity contribution in [1.29, 1.82) is 0 Å². The third-order valence-electron chi connectivity index (χ3n) is 1.55. The van der Waals surface area contributed by atoms with Crippen molar-refractivity contribution in [2.75, 3.05) is 20.2 Å². The molecular weight excluding hydrogens is 168 g/mol. The zero-order valence-electron chi connectivity index (χ0n) is 8.72. The number of ether oxygens (including phenoxy) is 1. The molecule has 0 bridgehead atoms. The topological polar surface area (TPSA) is 50.4 Å². The van der Waals surface area contributed by atoms with Gasteiger partial charge >= 0.3 is 6.09 Å². The number of carbonyl (C=O) groups excluding carboxylic acids is 1. The predicted molar refractivity (Wildman–Crippen MR) is 52.8 cm³/mol. The molecule has 0 radical (unpaired) electrons. The summed E-state index contributed by atoms with van der Waals surface area (Å²) in [6.07, 6.45) is 2.45. The second-order valence-corrected chi connectivity index (χ2v) is 2.80. The quantitative estimate of drug-likeness (QED) is 0.698. The van der Waals surface area contributed by atoms with Gasteiger partial charge < -0.3 is 15.4 Å². The molecule has 4 nitrogen and oxygen atoms in total. The lowest BCUT2D eigenvalue weighted by Gasteiger charge is -1.95. The van der Waals surface area contributed by atoms with E-state index in [9.17, 15) is 4.79 Å².